The zero-order valence-corrected chi connectivity index (χ0v) is 25.5. The number of hydrogen-bond acceptors (Lipinski definition) is 9. The molecule has 12 heteroatoms. The number of hydrogen-bond donors (Lipinski definition) is 1. The molecular formula is C29H22IN3O6S2. The molecule has 4 aromatic rings. The van der Waals surface area contributed by atoms with E-state index in [1.807, 2.05) is 83.4 Å². The number of phenolic OH excluding ortho intramolecular Hbond substituents is 1. The number of thiazole rings is 1. The normalized spacial score (nSPS) is 14.9. The Morgan fingerprint density at radius 2 is 1.93 bits per heavy atom. The molecule has 0 fully saturated rings. The molecule has 41 heavy (non-hydrogen) atoms. The van der Waals surface area contributed by atoms with E-state index in [4.69, 9.17) is 9.73 Å². The average Bonchev–Trinajstić information content (AvgIpc) is 3.28. The number of aromatic nitrogens is 1. The van der Waals surface area contributed by atoms with Gasteiger partial charge in [0.1, 0.15) is 0 Å². The highest BCUT2D eigenvalue weighted by Crippen LogP contribution is 2.36. The molecule has 9 nitrogen and oxygen atoms in total. The predicted molar refractivity (Wildman–Crippen MR) is 167 cm³/mol. The van der Waals surface area contributed by atoms with Crippen LogP contribution in [0, 0.1) is 13.7 Å². The van der Waals surface area contributed by atoms with Crippen molar-refractivity contribution < 1.29 is 19.6 Å². The highest BCUT2D eigenvalue weighted by Gasteiger charge is 2.35. The Balaban J connectivity index is 1.82. The fraction of sp³-hybridized carbons (Fsp3) is 0.138. The Bertz CT molecular complexity index is 1880. The first-order chi connectivity index (χ1) is 19.7. The van der Waals surface area contributed by atoms with Crippen molar-refractivity contribution in [2.75, 3.05) is 12.9 Å². The third kappa shape index (κ3) is 5.59. The van der Waals surface area contributed by atoms with Gasteiger partial charge in [0.25, 0.3) is 5.56 Å². The van der Waals surface area contributed by atoms with E-state index in [2.05, 4.69) is 0 Å². The van der Waals surface area contributed by atoms with Crippen LogP contribution in [-0.4, -0.2) is 33.4 Å². The third-order valence-corrected chi connectivity index (χ3v) is 8.91. The Morgan fingerprint density at radius 3 is 2.56 bits per heavy atom. The lowest BCUT2D eigenvalue weighted by molar-refractivity contribution is -0.386. The van der Waals surface area contributed by atoms with Crippen molar-refractivity contribution in [3.05, 3.63) is 122 Å². The first-order valence-corrected chi connectivity index (χ1v) is 15.4. The summed E-state index contributed by atoms with van der Waals surface area (Å²) in [5.41, 5.74) is 1.55. The molecule has 1 aliphatic rings. The fourth-order valence-electron chi connectivity index (χ4n) is 4.52. The number of nitro groups is 1. The van der Waals surface area contributed by atoms with Crippen molar-refractivity contribution in [3.8, 4) is 5.75 Å². The van der Waals surface area contributed by atoms with Crippen LogP contribution in [0.5, 0.6) is 5.75 Å². The van der Waals surface area contributed by atoms with Crippen LogP contribution in [-0.2, 0) is 9.53 Å². The molecule has 0 amide bonds. The van der Waals surface area contributed by atoms with E-state index >= 15 is 0 Å². The summed E-state index contributed by atoms with van der Waals surface area (Å²) < 4.78 is 7.50. The first-order valence-electron chi connectivity index (χ1n) is 12.3. The number of nitro benzene ring substituents is 1. The van der Waals surface area contributed by atoms with Crippen LogP contribution >= 0.6 is 45.7 Å². The van der Waals surface area contributed by atoms with E-state index in [1.54, 1.807) is 24.8 Å². The smallest absolute Gasteiger partial charge is 0.338 e. The average molecular weight is 700 g/mol. The van der Waals surface area contributed by atoms with Crippen LogP contribution in [0.15, 0.2) is 87.0 Å². The van der Waals surface area contributed by atoms with Crippen LogP contribution in [0.2, 0.25) is 0 Å². The summed E-state index contributed by atoms with van der Waals surface area (Å²) in [6, 6.07) is 18.8. The number of aromatic hydroxyl groups is 1. The minimum Gasteiger partial charge on any atom is -0.501 e. The number of benzene rings is 3. The molecule has 1 N–H and O–H groups in total. The zero-order chi connectivity index (χ0) is 29.3. The van der Waals surface area contributed by atoms with Gasteiger partial charge in [-0.1, -0.05) is 53.8 Å². The van der Waals surface area contributed by atoms with Crippen molar-refractivity contribution in [1.82, 2.24) is 4.57 Å². The number of halogens is 1. The number of ether oxygens (including phenoxy) is 1. The minimum absolute atomic E-state index is 0.144. The number of carbonyl (C=O) groups excluding carboxylic acids is 1. The quantitative estimate of drug-likeness (QED) is 0.0960. The largest absolute Gasteiger partial charge is 0.501 e. The van der Waals surface area contributed by atoms with E-state index in [9.17, 15) is 24.8 Å². The first kappa shape index (κ1) is 28.8. The highest BCUT2D eigenvalue weighted by atomic mass is 127. The van der Waals surface area contributed by atoms with Gasteiger partial charge in [-0.15, -0.1) is 11.8 Å². The van der Waals surface area contributed by atoms with Gasteiger partial charge >= 0.3 is 11.7 Å². The van der Waals surface area contributed by atoms with E-state index in [0.29, 0.717) is 27.2 Å². The molecule has 0 aliphatic carbocycles. The predicted octanol–water partition coefficient (Wildman–Crippen LogP) is 4.88. The van der Waals surface area contributed by atoms with Crippen molar-refractivity contribution in [2.45, 2.75) is 17.9 Å². The van der Waals surface area contributed by atoms with Gasteiger partial charge in [0.05, 0.1) is 36.9 Å². The molecule has 0 unspecified atom stereocenters. The summed E-state index contributed by atoms with van der Waals surface area (Å²) in [4.78, 5) is 44.5. The van der Waals surface area contributed by atoms with Crippen LogP contribution in [0.4, 0.5) is 5.69 Å². The van der Waals surface area contributed by atoms with Crippen molar-refractivity contribution in [2.24, 2.45) is 4.99 Å². The Labute approximate surface area is 255 Å². The maximum absolute atomic E-state index is 14.0. The summed E-state index contributed by atoms with van der Waals surface area (Å²) in [6.07, 6.45) is 3.49. The molecule has 0 spiro atoms. The molecule has 1 aliphatic heterocycles. The maximum atomic E-state index is 14.0. The highest BCUT2D eigenvalue weighted by molar-refractivity contribution is 14.1. The van der Waals surface area contributed by atoms with Gasteiger partial charge in [0, 0.05) is 16.5 Å². The number of nitrogens with zero attached hydrogens (tertiary/aromatic N) is 3. The summed E-state index contributed by atoms with van der Waals surface area (Å²) >= 11 is 4.50. The molecule has 1 aromatic heterocycles. The number of phenols is 1. The Morgan fingerprint density at radius 1 is 1.22 bits per heavy atom. The Kier molecular flexibility index (Phi) is 8.42. The minimum atomic E-state index is -0.826. The number of thioether (sulfide) groups is 1. The van der Waals surface area contributed by atoms with Gasteiger partial charge in [0.2, 0.25) is 5.75 Å². The molecule has 3 aromatic carbocycles. The second kappa shape index (κ2) is 12.0. The molecule has 0 saturated heterocycles. The number of fused-ring (bicyclic) bond motifs is 1. The molecule has 0 saturated carbocycles. The summed E-state index contributed by atoms with van der Waals surface area (Å²) in [5, 5.41) is 21.6. The lowest BCUT2D eigenvalue weighted by atomic mass is 9.93. The lowest BCUT2D eigenvalue weighted by Crippen LogP contribution is -2.40. The molecule has 208 valence electrons. The van der Waals surface area contributed by atoms with Crippen molar-refractivity contribution in [3.63, 3.8) is 0 Å². The van der Waals surface area contributed by atoms with Crippen LogP contribution in [0.1, 0.15) is 29.7 Å². The molecule has 0 radical (unpaired) electrons. The molecular weight excluding hydrogens is 677 g/mol. The van der Waals surface area contributed by atoms with Crippen molar-refractivity contribution in [1.29, 1.82) is 0 Å². The summed E-state index contributed by atoms with van der Waals surface area (Å²) in [6.45, 7) is 1.86. The van der Waals surface area contributed by atoms with Gasteiger partial charge in [-0.2, -0.15) is 0 Å². The maximum Gasteiger partial charge on any atom is 0.338 e. The number of carbonyl (C=O) groups is 1. The van der Waals surface area contributed by atoms with Crippen molar-refractivity contribution >= 4 is 69.1 Å². The molecule has 5 rings (SSSR count). The second-order valence-corrected chi connectivity index (χ2v) is 11.9. The van der Waals surface area contributed by atoms with Gasteiger partial charge in [-0.05, 0) is 71.2 Å². The third-order valence-electron chi connectivity index (χ3n) is 6.37. The molecule has 1 atom stereocenters. The SMILES string of the molecule is CCOC(=O)C1=C(c2ccccc2)N=c2s/c(=C\c3cc(I)c(O)c([N+](=O)[O-])c3)c(=O)n2[C@H]1c1ccc(SC)cc1. The van der Waals surface area contributed by atoms with E-state index in [0.717, 1.165) is 16.2 Å². The van der Waals surface area contributed by atoms with Gasteiger partial charge < -0.3 is 9.84 Å². The Hall–Kier alpha value is -3.75. The lowest BCUT2D eigenvalue weighted by Gasteiger charge is -2.26. The van der Waals surface area contributed by atoms with Crippen LogP contribution in [0.25, 0.3) is 11.8 Å². The fourth-order valence-corrected chi connectivity index (χ4v) is 6.57. The summed E-state index contributed by atoms with van der Waals surface area (Å²) in [5.74, 6) is -1.01. The van der Waals surface area contributed by atoms with Gasteiger partial charge in [0.15, 0.2) is 4.80 Å². The van der Waals surface area contributed by atoms with Crippen LogP contribution in [0.3, 0.4) is 0 Å². The van der Waals surface area contributed by atoms with E-state index in [-0.39, 0.29) is 20.3 Å². The number of rotatable bonds is 7. The standard InChI is InChI=1S/C29H22IN3O6S2/c1-3-39-28(36)23-24(17-7-5-4-6-8-17)31-29-32(25(23)18-9-11-19(40-2)12-10-18)27(35)22(41-29)15-16-13-20(30)26(34)21(14-16)33(37)38/h4-15,25,34H,3H2,1-2H3/b22-15-/t25-/m0/s1. The van der Waals surface area contributed by atoms with E-state index < -0.39 is 33.9 Å². The summed E-state index contributed by atoms with van der Waals surface area (Å²) in [7, 11) is 0. The van der Waals surface area contributed by atoms with Crippen LogP contribution < -0.4 is 14.9 Å². The topological polar surface area (TPSA) is 124 Å². The zero-order valence-electron chi connectivity index (χ0n) is 21.7. The van der Waals surface area contributed by atoms with E-state index in [1.165, 1.54) is 16.7 Å². The van der Waals surface area contributed by atoms with Gasteiger partial charge in [-0.3, -0.25) is 19.5 Å². The monoisotopic (exact) mass is 699 g/mol. The molecule has 0 bridgehead atoms. The number of esters is 1. The second-order valence-electron chi connectivity index (χ2n) is 8.83. The van der Waals surface area contributed by atoms with Gasteiger partial charge in [-0.25, -0.2) is 9.79 Å². The molecule has 2 heterocycles.